The first-order chi connectivity index (χ1) is 13.1. The Bertz CT molecular complexity index is 880. The maximum absolute atomic E-state index is 12.2. The number of hydrogen-bond donors (Lipinski definition) is 3. The maximum atomic E-state index is 12.2. The molecule has 2 aromatic heterocycles. The Morgan fingerprint density at radius 2 is 2.04 bits per heavy atom. The van der Waals surface area contributed by atoms with E-state index in [0.717, 1.165) is 11.4 Å². The Labute approximate surface area is 165 Å². The lowest BCUT2D eigenvalue weighted by atomic mass is 10.2. The van der Waals surface area contributed by atoms with Gasteiger partial charge in [-0.2, -0.15) is 0 Å². The molecule has 0 aliphatic heterocycles. The molecule has 0 aliphatic rings. The second kappa shape index (κ2) is 9.33. The van der Waals surface area contributed by atoms with Gasteiger partial charge in [0.25, 0.3) is 0 Å². The zero-order valence-corrected chi connectivity index (χ0v) is 16.3. The van der Waals surface area contributed by atoms with E-state index in [2.05, 4.69) is 25.8 Å². The summed E-state index contributed by atoms with van der Waals surface area (Å²) in [5.74, 6) is 0.350. The summed E-state index contributed by atoms with van der Waals surface area (Å²) in [7, 11) is 0. The van der Waals surface area contributed by atoms with E-state index in [4.69, 9.17) is 0 Å². The predicted molar refractivity (Wildman–Crippen MR) is 106 cm³/mol. The number of urea groups is 1. The number of thioether (sulfide) groups is 1. The third kappa shape index (κ3) is 5.93. The van der Waals surface area contributed by atoms with Crippen LogP contribution in [0.25, 0.3) is 0 Å². The van der Waals surface area contributed by atoms with Crippen molar-refractivity contribution in [2.24, 2.45) is 0 Å². The number of H-pyrrole nitrogens is 1. The molecule has 1 atom stereocenters. The fraction of sp³-hybridized carbons (Fsp3) is 0.222. The van der Waals surface area contributed by atoms with Crippen LogP contribution < -0.4 is 10.6 Å². The Kier molecular flexibility index (Phi) is 6.61. The summed E-state index contributed by atoms with van der Waals surface area (Å²) in [6.45, 7) is 2.06. The van der Waals surface area contributed by atoms with Gasteiger partial charge in [-0.25, -0.2) is 9.78 Å². The Morgan fingerprint density at radius 1 is 1.22 bits per heavy atom. The first-order valence-electron chi connectivity index (χ1n) is 8.33. The fourth-order valence-electron chi connectivity index (χ4n) is 2.24. The zero-order chi connectivity index (χ0) is 19.1. The van der Waals surface area contributed by atoms with Crippen LogP contribution in [0.4, 0.5) is 4.79 Å². The molecule has 3 amide bonds. The van der Waals surface area contributed by atoms with Gasteiger partial charge in [-0.15, -0.1) is 16.4 Å². The lowest BCUT2D eigenvalue weighted by Gasteiger charge is -2.10. The largest absolute Gasteiger partial charge is 0.334 e. The number of carbonyl (C=O) groups is 2. The molecule has 3 rings (SSSR count). The van der Waals surface area contributed by atoms with Crippen LogP contribution >= 0.6 is 23.1 Å². The van der Waals surface area contributed by atoms with Crippen LogP contribution in [0.1, 0.15) is 23.2 Å². The normalized spacial score (nSPS) is 11.7. The van der Waals surface area contributed by atoms with E-state index in [1.54, 1.807) is 18.3 Å². The molecule has 0 saturated carbocycles. The van der Waals surface area contributed by atoms with E-state index < -0.39 is 17.2 Å². The van der Waals surface area contributed by atoms with E-state index in [-0.39, 0.29) is 0 Å². The maximum Gasteiger partial charge on any atom is 0.321 e. The number of benzene rings is 1. The van der Waals surface area contributed by atoms with Crippen LogP contribution in [0.3, 0.4) is 0 Å². The van der Waals surface area contributed by atoms with Crippen molar-refractivity contribution in [2.45, 2.75) is 30.3 Å². The van der Waals surface area contributed by atoms with Crippen LogP contribution in [-0.4, -0.2) is 32.4 Å². The Morgan fingerprint density at radius 3 is 2.78 bits per heavy atom. The monoisotopic (exact) mass is 401 g/mol. The fourth-order valence-corrected chi connectivity index (χ4v) is 3.69. The lowest BCUT2D eigenvalue weighted by Crippen LogP contribution is -2.42. The van der Waals surface area contributed by atoms with Crippen LogP contribution in [-0.2, 0) is 17.8 Å². The SMILES string of the molecule is CC(Sc1n[nH]c(Cc2cccs2)n1)C(=O)NC(=O)NCc1ccccc1. The van der Waals surface area contributed by atoms with E-state index in [0.29, 0.717) is 18.1 Å². The molecule has 9 heteroatoms. The molecule has 140 valence electrons. The summed E-state index contributed by atoms with van der Waals surface area (Å²) in [5, 5.41) is 14.0. The molecule has 3 N–H and O–H groups in total. The smallest absolute Gasteiger partial charge is 0.321 e. The first-order valence-corrected chi connectivity index (χ1v) is 10.1. The van der Waals surface area contributed by atoms with Gasteiger partial charge in [-0.05, 0) is 23.9 Å². The predicted octanol–water partition coefficient (Wildman–Crippen LogP) is 2.96. The molecule has 0 radical (unpaired) electrons. The van der Waals surface area contributed by atoms with Crippen molar-refractivity contribution in [3.8, 4) is 0 Å². The van der Waals surface area contributed by atoms with Crippen molar-refractivity contribution in [1.82, 2.24) is 25.8 Å². The van der Waals surface area contributed by atoms with Crippen LogP contribution in [0.15, 0.2) is 53.0 Å². The van der Waals surface area contributed by atoms with Gasteiger partial charge in [-0.3, -0.25) is 15.2 Å². The summed E-state index contributed by atoms with van der Waals surface area (Å²) in [4.78, 5) is 29.6. The Hall–Kier alpha value is -2.65. The highest BCUT2D eigenvalue weighted by molar-refractivity contribution is 8.00. The molecule has 0 saturated heterocycles. The number of aromatic nitrogens is 3. The van der Waals surface area contributed by atoms with Crippen molar-refractivity contribution in [1.29, 1.82) is 0 Å². The molecular weight excluding hydrogens is 382 g/mol. The average Bonchev–Trinajstić information content (AvgIpc) is 3.33. The highest BCUT2D eigenvalue weighted by atomic mass is 32.2. The molecule has 0 bridgehead atoms. The zero-order valence-electron chi connectivity index (χ0n) is 14.6. The standard InChI is InChI=1S/C18H19N5O2S2/c1-12(16(24)21-17(25)19-11-13-6-3-2-4-7-13)27-18-20-15(22-23-18)10-14-8-5-9-26-14/h2-9,12H,10-11H2,1H3,(H,20,22,23)(H2,19,21,24,25). The molecule has 1 aromatic carbocycles. The number of aromatic amines is 1. The number of imide groups is 1. The van der Waals surface area contributed by atoms with Gasteiger partial charge in [0, 0.05) is 17.8 Å². The third-order valence-corrected chi connectivity index (χ3v) is 5.45. The summed E-state index contributed by atoms with van der Waals surface area (Å²) < 4.78 is 0. The van der Waals surface area contributed by atoms with Crippen molar-refractivity contribution in [3.05, 3.63) is 64.1 Å². The molecule has 2 heterocycles. The van der Waals surface area contributed by atoms with E-state index in [9.17, 15) is 9.59 Å². The minimum atomic E-state index is -0.523. The number of thiophene rings is 1. The van der Waals surface area contributed by atoms with Gasteiger partial charge in [0.1, 0.15) is 5.82 Å². The second-order valence-electron chi connectivity index (χ2n) is 5.74. The van der Waals surface area contributed by atoms with Crippen molar-refractivity contribution >= 4 is 35.0 Å². The quantitative estimate of drug-likeness (QED) is 0.529. The van der Waals surface area contributed by atoms with Crippen LogP contribution in [0.2, 0.25) is 0 Å². The first kappa shape index (κ1) is 19.1. The summed E-state index contributed by atoms with van der Waals surface area (Å²) in [6, 6.07) is 13.0. The van der Waals surface area contributed by atoms with Crippen LogP contribution in [0, 0.1) is 0 Å². The van der Waals surface area contributed by atoms with Gasteiger partial charge in [0.15, 0.2) is 0 Å². The number of nitrogens with one attached hydrogen (secondary N) is 3. The molecule has 1 unspecified atom stereocenters. The van der Waals surface area contributed by atoms with Gasteiger partial charge in [0.2, 0.25) is 11.1 Å². The third-order valence-electron chi connectivity index (χ3n) is 3.62. The van der Waals surface area contributed by atoms with E-state index >= 15 is 0 Å². The van der Waals surface area contributed by atoms with Crippen LogP contribution in [0.5, 0.6) is 0 Å². The van der Waals surface area contributed by atoms with Crippen molar-refractivity contribution in [3.63, 3.8) is 0 Å². The molecule has 3 aromatic rings. The van der Waals surface area contributed by atoms with E-state index in [1.165, 1.54) is 16.6 Å². The van der Waals surface area contributed by atoms with Gasteiger partial charge in [0.05, 0.1) is 5.25 Å². The minimum Gasteiger partial charge on any atom is -0.334 e. The average molecular weight is 402 g/mol. The van der Waals surface area contributed by atoms with Crippen molar-refractivity contribution < 1.29 is 9.59 Å². The summed E-state index contributed by atoms with van der Waals surface area (Å²) >= 11 is 2.85. The molecule has 27 heavy (non-hydrogen) atoms. The summed E-state index contributed by atoms with van der Waals surface area (Å²) in [5.41, 5.74) is 0.960. The van der Waals surface area contributed by atoms with Gasteiger partial charge in [-0.1, -0.05) is 48.2 Å². The molecule has 0 fully saturated rings. The van der Waals surface area contributed by atoms with Crippen molar-refractivity contribution in [2.75, 3.05) is 0 Å². The lowest BCUT2D eigenvalue weighted by molar-refractivity contribution is -0.119. The van der Waals surface area contributed by atoms with Gasteiger partial charge >= 0.3 is 6.03 Å². The summed E-state index contributed by atoms with van der Waals surface area (Å²) in [6.07, 6.45) is 0.674. The van der Waals surface area contributed by atoms with E-state index in [1.807, 2.05) is 47.8 Å². The molecule has 0 aliphatic carbocycles. The molecular formula is C18H19N5O2S2. The number of hydrogen-bond acceptors (Lipinski definition) is 6. The highest BCUT2D eigenvalue weighted by Gasteiger charge is 2.19. The number of rotatable bonds is 7. The van der Waals surface area contributed by atoms with Gasteiger partial charge < -0.3 is 5.32 Å². The second-order valence-corrected chi connectivity index (χ2v) is 8.08. The number of nitrogens with zero attached hydrogens (tertiary/aromatic N) is 2. The molecule has 0 spiro atoms. The topological polar surface area (TPSA) is 99.8 Å². The minimum absolute atomic E-state index is 0.356. The number of carbonyl (C=O) groups excluding carboxylic acids is 2. The molecule has 7 nitrogen and oxygen atoms in total. The highest BCUT2D eigenvalue weighted by Crippen LogP contribution is 2.20. The number of amides is 3. The Balaban J connectivity index is 1.44.